The fourth-order valence-corrected chi connectivity index (χ4v) is 4.63. The minimum Gasteiger partial charge on any atom is -0.493 e. The summed E-state index contributed by atoms with van der Waals surface area (Å²) in [4.78, 5) is 15.9. The van der Waals surface area contributed by atoms with E-state index in [0.717, 1.165) is 37.1 Å². The standard InChI is InChI=1S/C26H33N5O5/c1-16(27)30-11-8-21(9-12-30)35-20-5-3-17(4-6-20)24(25(32)33)36-23-14-19-15-31(26(28)29)10-7-18(19)13-22(23)34-2/h3-6,13-14,21,24,27H,7-12,15H2,1-2H3,(H3,28,29)(H,32,33). The van der Waals surface area contributed by atoms with Crippen LogP contribution in [-0.2, 0) is 17.8 Å². The molecule has 2 heterocycles. The number of carboxylic acids is 1. The number of benzene rings is 2. The molecular formula is C26H33N5O5. The molecule has 1 atom stereocenters. The first-order chi connectivity index (χ1) is 17.2. The van der Waals surface area contributed by atoms with Crippen molar-refractivity contribution in [1.29, 1.82) is 10.8 Å². The van der Waals surface area contributed by atoms with Crippen molar-refractivity contribution in [2.45, 2.75) is 44.9 Å². The molecular weight excluding hydrogens is 462 g/mol. The van der Waals surface area contributed by atoms with E-state index in [9.17, 15) is 9.90 Å². The van der Waals surface area contributed by atoms with Gasteiger partial charge in [-0.05, 0) is 48.7 Å². The zero-order valence-electron chi connectivity index (χ0n) is 20.6. The van der Waals surface area contributed by atoms with Crippen molar-refractivity contribution in [3.05, 3.63) is 53.1 Å². The molecule has 0 bridgehead atoms. The molecule has 1 fully saturated rings. The predicted molar refractivity (Wildman–Crippen MR) is 135 cm³/mol. The van der Waals surface area contributed by atoms with Crippen LogP contribution in [0.5, 0.6) is 17.2 Å². The summed E-state index contributed by atoms with van der Waals surface area (Å²) >= 11 is 0. The molecule has 10 nitrogen and oxygen atoms in total. The first-order valence-electron chi connectivity index (χ1n) is 12.0. The highest BCUT2D eigenvalue weighted by Crippen LogP contribution is 2.36. The van der Waals surface area contributed by atoms with Crippen molar-refractivity contribution in [2.24, 2.45) is 5.73 Å². The summed E-state index contributed by atoms with van der Waals surface area (Å²) in [7, 11) is 1.52. The van der Waals surface area contributed by atoms with Crippen LogP contribution in [0.25, 0.3) is 0 Å². The second-order valence-electron chi connectivity index (χ2n) is 9.12. The number of rotatable bonds is 7. The van der Waals surface area contributed by atoms with Gasteiger partial charge in [-0.2, -0.15) is 0 Å². The van der Waals surface area contributed by atoms with Gasteiger partial charge in [-0.3, -0.25) is 10.8 Å². The lowest BCUT2D eigenvalue weighted by atomic mass is 9.99. The SMILES string of the molecule is COc1cc2c(cc1OC(C(=O)O)c1ccc(OC3CCN(C(C)=N)CC3)cc1)CN(C(=N)N)CC2. The lowest BCUT2D eigenvalue weighted by molar-refractivity contribution is -0.145. The number of guanidine groups is 1. The van der Waals surface area contributed by atoms with E-state index >= 15 is 0 Å². The third-order valence-corrected chi connectivity index (χ3v) is 6.71. The Kier molecular flexibility index (Phi) is 7.52. The molecule has 0 aliphatic carbocycles. The summed E-state index contributed by atoms with van der Waals surface area (Å²) in [6, 6.07) is 10.6. The Morgan fingerprint density at radius 1 is 1.06 bits per heavy atom. The molecule has 5 N–H and O–H groups in total. The summed E-state index contributed by atoms with van der Waals surface area (Å²) in [5.74, 6) is 0.904. The molecule has 1 unspecified atom stereocenters. The highest BCUT2D eigenvalue weighted by Gasteiger charge is 2.27. The number of hydrogen-bond acceptors (Lipinski definition) is 6. The number of piperidine rings is 1. The summed E-state index contributed by atoms with van der Waals surface area (Å²) in [5, 5.41) is 25.4. The van der Waals surface area contributed by atoms with E-state index in [4.69, 9.17) is 30.8 Å². The van der Waals surface area contributed by atoms with Crippen LogP contribution in [0.2, 0.25) is 0 Å². The molecule has 2 aromatic rings. The Labute approximate surface area is 210 Å². The lowest BCUT2D eigenvalue weighted by Crippen LogP contribution is -2.40. The zero-order valence-corrected chi connectivity index (χ0v) is 20.6. The highest BCUT2D eigenvalue weighted by molar-refractivity contribution is 5.76. The number of carbonyl (C=O) groups is 1. The summed E-state index contributed by atoms with van der Waals surface area (Å²) in [6.45, 7) is 4.47. The summed E-state index contributed by atoms with van der Waals surface area (Å²) in [5.41, 5.74) is 8.12. The van der Waals surface area contributed by atoms with Crippen LogP contribution in [-0.4, -0.2) is 65.5 Å². The third kappa shape index (κ3) is 5.64. The number of likely N-dealkylation sites (tertiary alicyclic amines) is 1. The minimum atomic E-state index is -1.24. The number of nitrogens with zero attached hydrogens (tertiary/aromatic N) is 2. The van der Waals surface area contributed by atoms with Gasteiger partial charge in [0.1, 0.15) is 11.9 Å². The fourth-order valence-electron chi connectivity index (χ4n) is 4.63. The minimum absolute atomic E-state index is 0.0000429. The lowest BCUT2D eigenvalue weighted by Gasteiger charge is -2.32. The molecule has 192 valence electrons. The second kappa shape index (κ2) is 10.8. The topological polar surface area (TPSA) is 145 Å². The van der Waals surface area contributed by atoms with Gasteiger partial charge in [-0.1, -0.05) is 12.1 Å². The van der Waals surface area contributed by atoms with Gasteiger partial charge in [0.2, 0.25) is 6.10 Å². The number of ether oxygens (including phenoxy) is 3. The third-order valence-electron chi connectivity index (χ3n) is 6.71. The maximum atomic E-state index is 12.1. The van der Waals surface area contributed by atoms with Gasteiger partial charge in [-0.25, -0.2) is 4.79 Å². The van der Waals surface area contributed by atoms with E-state index < -0.39 is 12.1 Å². The van der Waals surface area contributed by atoms with E-state index in [1.807, 2.05) is 11.0 Å². The van der Waals surface area contributed by atoms with Crippen molar-refractivity contribution < 1.29 is 24.1 Å². The van der Waals surface area contributed by atoms with Gasteiger partial charge in [0.25, 0.3) is 0 Å². The molecule has 10 heteroatoms. The van der Waals surface area contributed by atoms with Crippen molar-refractivity contribution in [3.8, 4) is 17.2 Å². The van der Waals surface area contributed by atoms with Crippen LogP contribution in [0.4, 0.5) is 0 Å². The molecule has 0 aromatic heterocycles. The van der Waals surface area contributed by atoms with Crippen LogP contribution in [0.3, 0.4) is 0 Å². The molecule has 0 spiro atoms. The molecule has 0 amide bonds. The number of nitrogens with one attached hydrogen (secondary N) is 2. The number of fused-ring (bicyclic) bond motifs is 1. The largest absolute Gasteiger partial charge is 0.493 e. The number of amidine groups is 1. The maximum absolute atomic E-state index is 12.1. The molecule has 0 radical (unpaired) electrons. The smallest absolute Gasteiger partial charge is 0.349 e. The van der Waals surface area contributed by atoms with E-state index in [0.29, 0.717) is 48.2 Å². The first kappa shape index (κ1) is 25.2. The van der Waals surface area contributed by atoms with Crippen LogP contribution in [0.15, 0.2) is 36.4 Å². The highest BCUT2D eigenvalue weighted by atomic mass is 16.5. The Morgan fingerprint density at radius 2 is 1.72 bits per heavy atom. The van der Waals surface area contributed by atoms with Crippen molar-refractivity contribution in [2.75, 3.05) is 26.7 Å². The Bertz CT molecular complexity index is 1130. The molecule has 2 aromatic carbocycles. The normalized spacial score (nSPS) is 16.6. The quantitative estimate of drug-likeness (QED) is 0.339. The molecule has 4 rings (SSSR count). The molecule has 2 aliphatic heterocycles. The number of methoxy groups -OCH3 is 1. The number of hydrogen-bond donors (Lipinski definition) is 4. The molecule has 36 heavy (non-hydrogen) atoms. The van der Waals surface area contributed by atoms with Crippen LogP contribution in [0.1, 0.15) is 42.6 Å². The van der Waals surface area contributed by atoms with Crippen LogP contribution in [0, 0.1) is 10.8 Å². The summed E-state index contributed by atoms with van der Waals surface area (Å²) in [6.07, 6.45) is 1.19. The van der Waals surface area contributed by atoms with Crippen LogP contribution >= 0.6 is 0 Å². The predicted octanol–water partition coefficient (Wildman–Crippen LogP) is 2.99. The van der Waals surface area contributed by atoms with Crippen LogP contribution < -0.4 is 19.9 Å². The number of carboxylic acid groups (broad SMARTS) is 1. The average Bonchev–Trinajstić information content (AvgIpc) is 2.87. The Morgan fingerprint density at radius 3 is 2.31 bits per heavy atom. The Hall–Kier alpha value is -3.95. The van der Waals surface area contributed by atoms with Gasteiger partial charge in [0, 0.05) is 44.6 Å². The number of nitrogens with two attached hydrogens (primary N) is 1. The monoisotopic (exact) mass is 495 g/mol. The second-order valence-corrected chi connectivity index (χ2v) is 9.12. The average molecular weight is 496 g/mol. The Balaban J connectivity index is 1.48. The van der Waals surface area contributed by atoms with Crippen molar-refractivity contribution >= 4 is 17.8 Å². The van der Waals surface area contributed by atoms with Gasteiger partial charge in [0.15, 0.2) is 17.5 Å². The van der Waals surface area contributed by atoms with Gasteiger partial charge in [0.05, 0.1) is 12.9 Å². The van der Waals surface area contributed by atoms with Crippen molar-refractivity contribution in [3.63, 3.8) is 0 Å². The van der Waals surface area contributed by atoms with Gasteiger partial charge >= 0.3 is 5.97 Å². The maximum Gasteiger partial charge on any atom is 0.349 e. The number of aliphatic carboxylic acids is 1. The van der Waals surface area contributed by atoms with E-state index in [2.05, 4.69) is 0 Å². The molecule has 1 saturated heterocycles. The summed E-state index contributed by atoms with van der Waals surface area (Å²) < 4.78 is 17.6. The van der Waals surface area contributed by atoms with Gasteiger partial charge < -0.3 is 34.9 Å². The molecule has 0 saturated carbocycles. The van der Waals surface area contributed by atoms with E-state index in [-0.39, 0.29) is 12.1 Å². The molecule has 2 aliphatic rings. The zero-order chi connectivity index (χ0) is 25.8. The van der Waals surface area contributed by atoms with Gasteiger partial charge in [-0.15, -0.1) is 0 Å². The van der Waals surface area contributed by atoms with E-state index in [1.165, 1.54) is 7.11 Å². The fraction of sp³-hybridized carbons (Fsp3) is 0.423. The van der Waals surface area contributed by atoms with E-state index in [1.54, 1.807) is 42.2 Å². The van der Waals surface area contributed by atoms with Crippen molar-refractivity contribution in [1.82, 2.24) is 9.80 Å². The first-order valence-corrected chi connectivity index (χ1v) is 12.0.